The summed E-state index contributed by atoms with van der Waals surface area (Å²) in [5.74, 6) is 0.0774. The monoisotopic (exact) mass is 585 g/mol. The van der Waals surface area contributed by atoms with Crippen LogP contribution in [-0.2, 0) is 12.4 Å². The Morgan fingerprint density at radius 1 is 1.05 bits per heavy atom. The minimum Gasteiger partial charge on any atom is -0.492 e. The maximum atomic E-state index is 14.2. The van der Waals surface area contributed by atoms with Gasteiger partial charge in [0.1, 0.15) is 12.4 Å². The highest BCUT2D eigenvalue weighted by Crippen LogP contribution is 2.46. The van der Waals surface area contributed by atoms with E-state index in [0.717, 1.165) is 30.2 Å². The van der Waals surface area contributed by atoms with Gasteiger partial charge >= 0.3 is 12.4 Å². The first-order chi connectivity index (χ1) is 19.1. The molecule has 2 fully saturated rings. The number of imidazole rings is 1. The summed E-state index contributed by atoms with van der Waals surface area (Å²) in [6.07, 6.45) is -5.67. The number of alkyl halides is 6. The second kappa shape index (κ2) is 11.5. The van der Waals surface area contributed by atoms with Gasteiger partial charge in [0.05, 0.1) is 34.1 Å². The largest absolute Gasteiger partial charge is 0.492 e. The molecule has 226 valence electrons. The number of rotatable bonds is 5. The van der Waals surface area contributed by atoms with E-state index in [0.29, 0.717) is 24.8 Å². The van der Waals surface area contributed by atoms with Crippen LogP contribution >= 0.6 is 0 Å². The van der Waals surface area contributed by atoms with E-state index in [-0.39, 0.29) is 47.4 Å². The second-order valence-electron chi connectivity index (χ2n) is 11.3. The molecular weight excluding hydrogens is 548 g/mol. The molecule has 0 spiro atoms. The van der Waals surface area contributed by atoms with Gasteiger partial charge in [-0.3, -0.25) is 0 Å². The van der Waals surface area contributed by atoms with E-state index in [1.807, 2.05) is 20.8 Å². The molecule has 2 aliphatic rings. The minimum absolute atomic E-state index is 0.0122. The zero-order valence-corrected chi connectivity index (χ0v) is 23.8. The van der Waals surface area contributed by atoms with Gasteiger partial charge in [0, 0.05) is 23.7 Å². The predicted molar refractivity (Wildman–Crippen MR) is 145 cm³/mol. The molecule has 41 heavy (non-hydrogen) atoms. The molecule has 1 aliphatic carbocycles. The molecule has 3 unspecified atom stereocenters. The number of piperidine rings is 1. The first-order valence-electron chi connectivity index (χ1n) is 14.0. The Morgan fingerprint density at radius 3 is 2.24 bits per heavy atom. The van der Waals surface area contributed by atoms with Gasteiger partial charge in [0.25, 0.3) is 0 Å². The van der Waals surface area contributed by atoms with E-state index in [1.54, 1.807) is 13.8 Å². The Bertz CT molecular complexity index is 1340. The van der Waals surface area contributed by atoms with Crippen molar-refractivity contribution in [2.75, 3.05) is 6.61 Å². The van der Waals surface area contributed by atoms with E-state index in [9.17, 15) is 31.4 Å². The summed E-state index contributed by atoms with van der Waals surface area (Å²) in [5.41, 5.74) is -0.970. The number of halogens is 6. The average Bonchev–Trinajstić information content (AvgIpc) is 3.32. The first kappa shape index (κ1) is 31.2. The zero-order valence-electron chi connectivity index (χ0n) is 23.8. The highest BCUT2D eigenvalue weighted by Gasteiger charge is 2.42. The van der Waals surface area contributed by atoms with Crippen LogP contribution in [0.15, 0.2) is 36.7 Å². The third-order valence-electron chi connectivity index (χ3n) is 7.98. The molecule has 1 saturated carbocycles. The van der Waals surface area contributed by atoms with Crippen LogP contribution in [0.2, 0.25) is 0 Å². The number of fused-ring (bicyclic) bond motifs is 1. The van der Waals surface area contributed by atoms with Crippen molar-refractivity contribution in [1.82, 2.24) is 14.9 Å². The number of nitrogens with zero attached hydrogens (tertiary/aromatic N) is 2. The molecule has 0 bridgehead atoms. The van der Waals surface area contributed by atoms with Crippen molar-refractivity contribution in [3.05, 3.63) is 58.9 Å². The summed E-state index contributed by atoms with van der Waals surface area (Å²) in [6.45, 7) is 9.39. The van der Waals surface area contributed by atoms with E-state index in [1.165, 1.54) is 23.0 Å². The maximum Gasteiger partial charge on any atom is 0.418 e. The van der Waals surface area contributed by atoms with Gasteiger partial charge in [-0.2, -0.15) is 26.3 Å². The molecule has 5 nitrogen and oxygen atoms in total. The van der Waals surface area contributed by atoms with Gasteiger partial charge in [-0.1, -0.05) is 26.0 Å². The number of hydrogen-bond acceptors (Lipinski definition) is 4. The summed E-state index contributed by atoms with van der Waals surface area (Å²) in [4.78, 5) is 4.29. The molecule has 5 rings (SSSR count). The lowest BCUT2D eigenvalue weighted by molar-refractivity contribution is -0.138. The predicted octanol–water partition coefficient (Wildman–Crippen LogP) is 7.80. The van der Waals surface area contributed by atoms with Crippen LogP contribution in [0, 0.1) is 6.92 Å². The standard InChI is InChI=1S/C28H31F6N3O2.C2H6/c1-15-8-18(17-4-6-19(7-5-17)27(29,30)31)9-20(36-15)13-39-23-10-22(28(32,33)34)25-24(16(23)2)35-14-37(25)21-11-26(3,38)12-21;1-2/h4-7,10,14-15,18,20-21,36,38H,8-9,11-13H2,1-3H3;1-2H3. The van der Waals surface area contributed by atoms with Gasteiger partial charge < -0.3 is 19.7 Å². The Hall–Kier alpha value is -2.79. The van der Waals surface area contributed by atoms with E-state index < -0.39 is 29.1 Å². The van der Waals surface area contributed by atoms with Gasteiger partial charge in [-0.15, -0.1) is 0 Å². The molecule has 2 aromatic carbocycles. The van der Waals surface area contributed by atoms with E-state index in [4.69, 9.17) is 4.74 Å². The van der Waals surface area contributed by atoms with E-state index in [2.05, 4.69) is 10.3 Å². The fraction of sp³-hybridized carbons (Fsp3) is 0.567. The quantitative estimate of drug-likeness (QED) is 0.300. The number of hydrogen-bond donors (Lipinski definition) is 2. The number of aromatic nitrogens is 2. The van der Waals surface area contributed by atoms with Crippen molar-refractivity contribution < 1.29 is 36.2 Å². The number of aryl methyl sites for hydroxylation is 1. The van der Waals surface area contributed by atoms with Crippen LogP contribution in [-0.4, -0.2) is 38.9 Å². The van der Waals surface area contributed by atoms with Gasteiger partial charge in [0.2, 0.25) is 0 Å². The van der Waals surface area contributed by atoms with Crippen molar-refractivity contribution >= 4 is 11.0 Å². The fourth-order valence-corrected chi connectivity index (χ4v) is 6.05. The topological polar surface area (TPSA) is 59.3 Å². The molecule has 3 atom stereocenters. The molecular formula is C30H37F6N3O2. The minimum atomic E-state index is -4.64. The smallest absolute Gasteiger partial charge is 0.418 e. The van der Waals surface area contributed by atoms with Crippen molar-refractivity contribution in [2.24, 2.45) is 0 Å². The van der Waals surface area contributed by atoms with Gasteiger partial charge in [-0.25, -0.2) is 4.98 Å². The molecule has 1 aromatic heterocycles. The van der Waals surface area contributed by atoms with Gasteiger partial charge in [-0.05, 0) is 76.1 Å². The molecule has 1 aliphatic heterocycles. The van der Waals surface area contributed by atoms with Crippen LogP contribution < -0.4 is 10.1 Å². The number of benzene rings is 2. The Morgan fingerprint density at radius 2 is 1.68 bits per heavy atom. The Kier molecular flexibility index (Phi) is 8.72. The summed E-state index contributed by atoms with van der Waals surface area (Å²) in [6, 6.07) is 5.73. The normalized spacial score (nSPS) is 26.7. The number of nitrogens with one attached hydrogen (secondary N) is 1. The summed E-state index contributed by atoms with van der Waals surface area (Å²) < 4.78 is 88.9. The van der Waals surface area contributed by atoms with Crippen molar-refractivity contribution in [3.63, 3.8) is 0 Å². The second-order valence-corrected chi connectivity index (χ2v) is 11.3. The first-order valence-corrected chi connectivity index (χ1v) is 14.0. The SMILES string of the molecule is CC.Cc1c(OCC2CC(c3ccc(C(F)(F)F)cc3)CC(C)N2)cc(C(F)(F)F)c2c1ncn2C1CC(C)(O)C1. The van der Waals surface area contributed by atoms with E-state index >= 15 is 0 Å². The lowest BCUT2D eigenvalue weighted by Gasteiger charge is -2.42. The molecule has 2 heterocycles. The van der Waals surface area contributed by atoms with Crippen LogP contribution in [0.1, 0.15) is 87.6 Å². The highest BCUT2D eigenvalue weighted by molar-refractivity contribution is 5.85. The lowest BCUT2D eigenvalue weighted by Crippen LogP contribution is -2.46. The number of ether oxygens (including phenoxy) is 1. The highest BCUT2D eigenvalue weighted by atomic mass is 19.4. The van der Waals surface area contributed by atoms with Crippen molar-refractivity contribution in [2.45, 2.75) is 102 Å². The maximum absolute atomic E-state index is 14.2. The zero-order chi connectivity index (χ0) is 30.3. The molecule has 0 radical (unpaired) electrons. The molecule has 2 N–H and O–H groups in total. The molecule has 11 heteroatoms. The fourth-order valence-electron chi connectivity index (χ4n) is 6.05. The van der Waals surface area contributed by atoms with Crippen LogP contribution in [0.25, 0.3) is 11.0 Å². The molecule has 3 aromatic rings. The summed E-state index contributed by atoms with van der Waals surface area (Å²) >= 11 is 0. The summed E-state index contributed by atoms with van der Waals surface area (Å²) in [5, 5.41) is 13.5. The molecule has 0 amide bonds. The third-order valence-corrected chi connectivity index (χ3v) is 7.98. The molecule has 1 saturated heterocycles. The average molecular weight is 586 g/mol. The van der Waals surface area contributed by atoms with Crippen LogP contribution in [0.3, 0.4) is 0 Å². The lowest BCUT2D eigenvalue weighted by atomic mass is 9.77. The Balaban J connectivity index is 0.00000189. The van der Waals surface area contributed by atoms with Crippen LogP contribution in [0.5, 0.6) is 5.75 Å². The third kappa shape index (κ3) is 6.66. The Labute approximate surface area is 235 Å². The van der Waals surface area contributed by atoms with Crippen LogP contribution in [0.4, 0.5) is 26.3 Å². The van der Waals surface area contributed by atoms with Crippen molar-refractivity contribution in [3.8, 4) is 5.75 Å². The number of aliphatic hydroxyl groups is 1. The van der Waals surface area contributed by atoms with Gasteiger partial charge in [0.15, 0.2) is 0 Å². The van der Waals surface area contributed by atoms with Crippen molar-refractivity contribution in [1.29, 1.82) is 0 Å². The summed E-state index contributed by atoms with van der Waals surface area (Å²) in [7, 11) is 0.